The number of hydrogen-bond donors (Lipinski definition) is 1. The Labute approximate surface area is 165 Å². The molecule has 1 heterocycles. The molecule has 1 amide bonds. The van der Waals surface area contributed by atoms with Gasteiger partial charge in [0, 0.05) is 12.6 Å². The lowest BCUT2D eigenvalue weighted by molar-refractivity contribution is 0.0664. The largest absolute Gasteiger partial charge is 0.467 e. The van der Waals surface area contributed by atoms with Crippen LogP contribution < -0.4 is 5.73 Å². The third kappa shape index (κ3) is 4.02. The summed E-state index contributed by atoms with van der Waals surface area (Å²) in [6.07, 6.45) is 6.04. The molecule has 4 nitrogen and oxygen atoms in total. The van der Waals surface area contributed by atoms with Crippen LogP contribution in [-0.4, -0.2) is 16.8 Å². The van der Waals surface area contributed by atoms with Gasteiger partial charge in [0.15, 0.2) is 0 Å². The van der Waals surface area contributed by atoms with Crippen LogP contribution in [0.5, 0.6) is 0 Å². The monoisotopic (exact) mass is 384 g/mol. The van der Waals surface area contributed by atoms with Crippen LogP contribution in [0.3, 0.4) is 0 Å². The van der Waals surface area contributed by atoms with Crippen LogP contribution in [0, 0.1) is 0 Å². The average molecular weight is 385 g/mol. The number of hydrogen-bond acceptors (Lipinski definition) is 3. The van der Waals surface area contributed by atoms with Crippen molar-refractivity contribution in [3.63, 3.8) is 0 Å². The van der Waals surface area contributed by atoms with Gasteiger partial charge in [0.1, 0.15) is 12.0 Å². The summed E-state index contributed by atoms with van der Waals surface area (Å²) < 4.78 is 5.40. The molecule has 27 heavy (non-hydrogen) atoms. The molecule has 1 aliphatic carbocycles. The smallest absolute Gasteiger partial charge is 0.257 e. The minimum Gasteiger partial charge on any atom is -0.467 e. The molecule has 1 saturated carbocycles. The van der Waals surface area contributed by atoms with Gasteiger partial charge in [-0.05, 0) is 35.2 Å². The molecular formula is C22H25ClN2O2. The van der Waals surface area contributed by atoms with E-state index in [2.05, 4.69) is 36.4 Å². The molecule has 0 unspecified atom stereocenters. The molecule has 0 bridgehead atoms. The third-order valence-corrected chi connectivity index (χ3v) is 5.35. The van der Waals surface area contributed by atoms with Crippen molar-refractivity contribution in [2.45, 2.75) is 44.8 Å². The summed E-state index contributed by atoms with van der Waals surface area (Å²) in [5, 5.41) is 2.41. The maximum absolute atomic E-state index is 13.2. The zero-order chi connectivity index (χ0) is 17.9. The maximum Gasteiger partial charge on any atom is 0.257 e. The highest BCUT2D eigenvalue weighted by molar-refractivity contribution is 5.94. The quantitative estimate of drug-likeness (QED) is 0.680. The highest BCUT2D eigenvalue weighted by Gasteiger charge is 2.28. The molecule has 2 N–H and O–H groups in total. The van der Waals surface area contributed by atoms with Crippen LogP contribution in [0.4, 0.5) is 0 Å². The number of benzene rings is 2. The SMILES string of the molecule is Cl.NCc1cc(C(=O)N(Cc2cccc3ccccc23)C2CCCC2)co1. The maximum atomic E-state index is 13.2. The molecule has 3 aromatic rings. The number of rotatable bonds is 5. The van der Waals surface area contributed by atoms with Gasteiger partial charge < -0.3 is 15.1 Å². The lowest BCUT2D eigenvalue weighted by Crippen LogP contribution is -2.38. The predicted octanol–water partition coefficient (Wildman–Crippen LogP) is 4.90. The standard InChI is InChI=1S/C22H24N2O2.ClH/c23-13-20-12-18(15-26-20)22(25)24(19-9-2-3-10-19)14-17-8-5-7-16-6-1-4-11-21(16)17;/h1,4-8,11-12,15,19H,2-3,9-10,13-14,23H2;1H. The Bertz CT molecular complexity index is 910. The second kappa shape index (κ2) is 8.59. The van der Waals surface area contributed by atoms with Crippen LogP contribution in [0.2, 0.25) is 0 Å². The van der Waals surface area contributed by atoms with Crippen LogP contribution >= 0.6 is 12.4 Å². The molecule has 0 atom stereocenters. The Morgan fingerprint density at radius 3 is 2.59 bits per heavy atom. The fourth-order valence-electron chi connectivity index (χ4n) is 3.96. The molecule has 2 aromatic carbocycles. The van der Waals surface area contributed by atoms with E-state index >= 15 is 0 Å². The van der Waals surface area contributed by atoms with Crippen molar-refractivity contribution < 1.29 is 9.21 Å². The van der Waals surface area contributed by atoms with E-state index in [4.69, 9.17) is 10.2 Å². The van der Waals surface area contributed by atoms with E-state index in [-0.39, 0.29) is 24.4 Å². The number of nitrogens with two attached hydrogens (primary N) is 1. The van der Waals surface area contributed by atoms with E-state index in [0.717, 1.165) is 12.8 Å². The Morgan fingerprint density at radius 1 is 1.11 bits per heavy atom. The molecule has 4 rings (SSSR count). The zero-order valence-corrected chi connectivity index (χ0v) is 16.1. The lowest BCUT2D eigenvalue weighted by Gasteiger charge is -2.29. The Morgan fingerprint density at radius 2 is 1.85 bits per heavy atom. The van der Waals surface area contributed by atoms with E-state index in [1.54, 1.807) is 6.07 Å². The summed E-state index contributed by atoms with van der Waals surface area (Å²) in [5.74, 6) is 0.679. The predicted molar refractivity (Wildman–Crippen MR) is 110 cm³/mol. The molecule has 1 aliphatic rings. The molecule has 0 radical (unpaired) electrons. The number of nitrogens with zero attached hydrogens (tertiary/aromatic N) is 1. The van der Waals surface area contributed by atoms with Crippen molar-refractivity contribution in [3.05, 3.63) is 71.7 Å². The Balaban J connectivity index is 0.00000210. The fraction of sp³-hybridized carbons (Fsp3) is 0.318. The van der Waals surface area contributed by atoms with Gasteiger partial charge in [-0.15, -0.1) is 12.4 Å². The summed E-state index contributed by atoms with van der Waals surface area (Å²) in [6.45, 7) is 0.925. The second-order valence-electron chi connectivity index (χ2n) is 7.02. The minimum absolute atomic E-state index is 0. The summed E-state index contributed by atoms with van der Waals surface area (Å²) in [4.78, 5) is 15.3. The van der Waals surface area contributed by atoms with E-state index in [0.29, 0.717) is 24.4 Å². The number of carbonyl (C=O) groups is 1. The highest BCUT2D eigenvalue weighted by atomic mass is 35.5. The van der Waals surface area contributed by atoms with Gasteiger partial charge in [0.05, 0.1) is 12.1 Å². The average Bonchev–Trinajstić information content (AvgIpc) is 3.37. The molecule has 5 heteroatoms. The fourth-order valence-corrected chi connectivity index (χ4v) is 3.96. The van der Waals surface area contributed by atoms with Gasteiger partial charge in [0.25, 0.3) is 5.91 Å². The Hall–Kier alpha value is -2.30. The molecule has 0 spiro atoms. The molecular weight excluding hydrogens is 360 g/mol. The zero-order valence-electron chi connectivity index (χ0n) is 15.3. The summed E-state index contributed by atoms with van der Waals surface area (Å²) in [7, 11) is 0. The second-order valence-corrected chi connectivity index (χ2v) is 7.02. The molecule has 0 saturated heterocycles. The molecule has 0 aliphatic heterocycles. The summed E-state index contributed by atoms with van der Waals surface area (Å²) in [5.41, 5.74) is 7.41. The van der Waals surface area contributed by atoms with Crippen molar-refractivity contribution in [1.29, 1.82) is 0 Å². The number of furan rings is 1. The first-order valence-corrected chi connectivity index (χ1v) is 9.31. The van der Waals surface area contributed by atoms with Gasteiger partial charge in [-0.1, -0.05) is 55.3 Å². The van der Waals surface area contributed by atoms with Crippen LogP contribution in [-0.2, 0) is 13.1 Å². The van der Waals surface area contributed by atoms with E-state index in [1.807, 2.05) is 11.0 Å². The summed E-state index contributed by atoms with van der Waals surface area (Å²) >= 11 is 0. The number of amides is 1. The highest BCUT2D eigenvalue weighted by Crippen LogP contribution is 2.29. The first kappa shape index (κ1) is 19.5. The van der Waals surface area contributed by atoms with Crippen LogP contribution in [0.25, 0.3) is 10.8 Å². The topological polar surface area (TPSA) is 59.5 Å². The molecule has 142 valence electrons. The van der Waals surface area contributed by atoms with Gasteiger partial charge in [-0.25, -0.2) is 0 Å². The van der Waals surface area contributed by atoms with Crippen molar-refractivity contribution in [1.82, 2.24) is 4.90 Å². The third-order valence-electron chi connectivity index (χ3n) is 5.35. The first-order valence-electron chi connectivity index (χ1n) is 9.31. The van der Waals surface area contributed by atoms with E-state index in [9.17, 15) is 4.79 Å². The van der Waals surface area contributed by atoms with Crippen LogP contribution in [0.15, 0.2) is 59.2 Å². The van der Waals surface area contributed by atoms with Gasteiger partial charge in [-0.3, -0.25) is 4.79 Å². The van der Waals surface area contributed by atoms with Gasteiger partial charge in [0.2, 0.25) is 0 Å². The number of fused-ring (bicyclic) bond motifs is 1. The van der Waals surface area contributed by atoms with E-state index < -0.39 is 0 Å². The van der Waals surface area contributed by atoms with Crippen molar-refractivity contribution in [2.24, 2.45) is 5.73 Å². The van der Waals surface area contributed by atoms with E-state index in [1.165, 1.54) is 35.4 Å². The number of carbonyl (C=O) groups excluding carboxylic acids is 1. The minimum atomic E-state index is 0. The Kier molecular flexibility index (Phi) is 6.19. The molecule has 1 aromatic heterocycles. The van der Waals surface area contributed by atoms with Crippen LogP contribution in [0.1, 0.15) is 47.4 Å². The van der Waals surface area contributed by atoms with Crippen molar-refractivity contribution in [3.8, 4) is 0 Å². The number of halogens is 1. The summed E-state index contributed by atoms with van der Waals surface area (Å²) in [6, 6.07) is 16.7. The first-order chi connectivity index (χ1) is 12.8. The lowest BCUT2D eigenvalue weighted by atomic mass is 10.0. The van der Waals surface area contributed by atoms with Gasteiger partial charge in [-0.2, -0.15) is 0 Å². The molecule has 1 fully saturated rings. The van der Waals surface area contributed by atoms with Crippen molar-refractivity contribution in [2.75, 3.05) is 0 Å². The van der Waals surface area contributed by atoms with Crippen molar-refractivity contribution >= 4 is 29.1 Å². The normalized spacial score (nSPS) is 14.3. The van der Waals surface area contributed by atoms with Gasteiger partial charge >= 0.3 is 0 Å².